The molecule has 2 aliphatic heterocycles. The molecule has 0 bridgehead atoms. The van der Waals surface area contributed by atoms with Gasteiger partial charge in [0.25, 0.3) is 0 Å². The lowest BCUT2D eigenvalue weighted by molar-refractivity contribution is 0.0575. The quantitative estimate of drug-likeness (QED) is 0.502. The first-order chi connectivity index (χ1) is 17.6. The van der Waals surface area contributed by atoms with E-state index in [4.69, 9.17) is 4.74 Å². The van der Waals surface area contributed by atoms with Crippen LogP contribution in [0.2, 0.25) is 0 Å². The summed E-state index contributed by atoms with van der Waals surface area (Å²) in [5, 5.41) is 6.92. The Bertz CT molecular complexity index is 1180. The van der Waals surface area contributed by atoms with Crippen LogP contribution in [0.15, 0.2) is 60.9 Å². The van der Waals surface area contributed by atoms with E-state index in [1.807, 2.05) is 29.4 Å². The smallest absolute Gasteiger partial charge is 0.325 e. The predicted octanol–water partition coefficient (Wildman–Crippen LogP) is 5.16. The highest BCUT2D eigenvalue weighted by atomic mass is 16.5. The topological polar surface area (TPSA) is 64.7 Å². The molecular weight excluding hydrogens is 450 g/mol. The number of urea groups is 1. The minimum atomic E-state index is -0.153. The molecule has 2 amide bonds. The summed E-state index contributed by atoms with van der Waals surface area (Å²) in [6, 6.07) is 16.5. The zero-order valence-corrected chi connectivity index (χ0v) is 21.0. The molecule has 1 N–H and O–H groups in total. The van der Waals surface area contributed by atoms with Gasteiger partial charge in [-0.15, -0.1) is 0 Å². The Morgan fingerprint density at radius 1 is 1.08 bits per heavy atom. The van der Waals surface area contributed by atoms with Gasteiger partial charge in [-0.2, -0.15) is 5.10 Å². The normalized spacial score (nSPS) is 20.2. The van der Waals surface area contributed by atoms with Crippen molar-refractivity contribution in [2.75, 3.05) is 38.2 Å². The summed E-state index contributed by atoms with van der Waals surface area (Å²) >= 11 is 0. The van der Waals surface area contributed by atoms with E-state index in [2.05, 4.69) is 56.4 Å². The van der Waals surface area contributed by atoms with Crippen LogP contribution < -0.4 is 9.64 Å². The fourth-order valence-corrected chi connectivity index (χ4v) is 6.05. The lowest BCUT2D eigenvalue weighted by Crippen LogP contribution is -2.54. The van der Waals surface area contributed by atoms with Crippen LogP contribution in [0.4, 0.5) is 10.5 Å². The molecule has 3 aliphatic rings. The number of likely N-dealkylation sites (tertiary alicyclic amines) is 1. The Kier molecular flexibility index (Phi) is 6.17. The molecule has 3 fully saturated rings. The summed E-state index contributed by atoms with van der Waals surface area (Å²) in [6.07, 6.45) is 9.88. The SMILES string of the molecule is COc1cccc(CN2C(=O)N(c3ccc(-c4cn[nH]c4)cc3)CC23CCN(CC2CCC2)CC3)c1. The average molecular weight is 486 g/mol. The number of ether oxygens (including phenoxy) is 1. The number of methoxy groups -OCH3 is 1. The van der Waals surface area contributed by atoms with Gasteiger partial charge in [-0.3, -0.25) is 10.00 Å². The predicted molar refractivity (Wildman–Crippen MR) is 141 cm³/mol. The van der Waals surface area contributed by atoms with Gasteiger partial charge in [0.2, 0.25) is 0 Å². The van der Waals surface area contributed by atoms with Crippen LogP contribution in [0.3, 0.4) is 0 Å². The number of aromatic nitrogens is 2. The van der Waals surface area contributed by atoms with Crippen molar-refractivity contribution in [3.63, 3.8) is 0 Å². The zero-order chi connectivity index (χ0) is 24.5. The van der Waals surface area contributed by atoms with Crippen molar-refractivity contribution in [2.45, 2.75) is 44.2 Å². The first-order valence-corrected chi connectivity index (χ1v) is 13.2. The van der Waals surface area contributed by atoms with Crippen molar-refractivity contribution in [3.05, 3.63) is 66.5 Å². The van der Waals surface area contributed by atoms with Crippen molar-refractivity contribution in [1.29, 1.82) is 0 Å². The van der Waals surface area contributed by atoms with Gasteiger partial charge >= 0.3 is 6.03 Å². The molecule has 188 valence electrons. The third-order valence-electron chi connectivity index (χ3n) is 8.50. The summed E-state index contributed by atoms with van der Waals surface area (Å²) in [5.41, 5.74) is 4.04. The van der Waals surface area contributed by atoms with Crippen LogP contribution in [0.1, 0.15) is 37.7 Å². The Morgan fingerprint density at radius 3 is 2.56 bits per heavy atom. The molecule has 0 radical (unpaired) electrons. The van der Waals surface area contributed by atoms with Crippen molar-refractivity contribution in [1.82, 2.24) is 20.0 Å². The van der Waals surface area contributed by atoms with Gasteiger partial charge in [-0.1, -0.05) is 30.7 Å². The Morgan fingerprint density at radius 2 is 1.89 bits per heavy atom. The summed E-state index contributed by atoms with van der Waals surface area (Å²) in [7, 11) is 1.69. The molecule has 7 nitrogen and oxygen atoms in total. The number of piperidine rings is 1. The highest BCUT2D eigenvalue weighted by Crippen LogP contribution is 2.40. The third kappa shape index (κ3) is 4.37. The van der Waals surface area contributed by atoms with E-state index < -0.39 is 0 Å². The van der Waals surface area contributed by atoms with Crippen molar-refractivity contribution in [2.24, 2.45) is 5.92 Å². The highest BCUT2D eigenvalue weighted by molar-refractivity contribution is 5.95. The minimum Gasteiger partial charge on any atom is -0.497 e. The molecule has 2 saturated heterocycles. The first kappa shape index (κ1) is 23.1. The average Bonchev–Trinajstić information content (AvgIpc) is 3.52. The Balaban J connectivity index is 1.25. The summed E-state index contributed by atoms with van der Waals surface area (Å²) in [4.78, 5) is 20.7. The Hall–Kier alpha value is -3.32. The maximum absolute atomic E-state index is 14.0. The fourth-order valence-electron chi connectivity index (χ4n) is 6.05. The van der Waals surface area contributed by atoms with Crippen LogP contribution in [0.5, 0.6) is 5.75 Å². The third-order valence-corrected chi connectivity index (χ3v) is 8.50. The number of carbonyl (C=O) groups excluding carboxylic acids is 1. The largest absolute Gasteiger partial charge is 0.497 e. The van der Waals surface area contributed by atoms with Gasteiger partial charge in [-0.25, -0.2) is 4.79 Å². The number of amides is 2. The molecular formula is C29H35N5O2. The van der Waals surface area contributed by atoms with E-state index in [1.54, 1.807) is 7.11 Å². The van der Waals surface area contributed by atoms with Crippen LogP contribution >= 0.6 is 0 Å². The second-order valence-corrected chi connectivity index (χ2v) is 10.7. The van der Waals surface area contributed by atoms with Crippen LogP contribution in [-0.2, 0) is 6.54 Å². The van der Waals surface area contributed by atoms with Gasteiger partial charge in [0.05, 0.1) is 25.4 Å². The van der Waals surface area contributed by atoms with Gasteiger partial charge < -0.3 is 14.5 Å². The second kappa shape index (κ2) is 9.62. The maximum atomic E-state index is 14.0. The molecule has 2 aromatic carbocycles. The van der Waals surface area contributed by atoms with E-state index in [0.717, 1.165) is 66.5 Å². The van der Waals surface area contributed by atoms with Crippen LogP contribution in [0, 0.1) is 5.92 Å². The monoisotopic (exact) mass is 485 g/mol. The van der Waals surface area contributed by atoms with E-state index in [1.165, 1.54) is 25.8 Å². The summed E-state index contributed by atoms with van der Waals surface area (Å²) < 4.78 is 5.46. The summed E-state index contributed by atoms with van der Waals surface area (Å²) in [6.45, 7) is 4.68. The lowest BCUT2D eigenvalue weighted by Gasteiger charge is -2.45. The number of H-pyrrole nitrogens is 1. The standard InChI is InChI=1S/C29H35N5O2/c1-36-27-7-3-6-23(16-27)20-34-28(35)33(26-10-8-24(9-11-26)25-17-30-31-18-25)21-29(34)12-14-32(15-13-29)19-22-4-2-5-22/h3,6-11,16-18,22H,2,4-5,12-15,19-21H2,1H3,(H,30,31). The van der Waals surface area contributed by atoms with E-state index >= 15 is 0 Å². The number of hydrogen-bond acceptors (Lipinski definition) is 4. The number of nitrogens with one attached hydrogen (secondary N) is 1. The van der Waals surface area contributed by atoms with E-state index in [9.17, 15) is 4.79 Å². The number of rotatable bonds is 7. The highest BCUT2D eigenvalue weighted by Gasteiger charge is 2.51. The minimum absolute atomic E-state index is 0.0984. The molecule has 6 rings (SSSR count). The zero-order valence-electron chi connectivity index (χ0n) is 21.0. The van der Waals surface area contributed by atoms with Crippen molar-refractivity contribution in [3.8, 4) is 16.9 Å². The van der Waals surface area contributed by atoms with Gasteiger partial charge in [0.15, 0.2) is 0 Å². The van der Waals surface area contributed by atoms with E-state index in [0.29, 0.717) is 6.54 Å². The lowest BCUT2D eigenvalue weighted by atomic mass is 9.82. The van der Waals surface area contributed by atoms with Crippen LogP contribution in [0.25, 0.3) is 11.1 Å². The van der Waals surface area contributed by atoms with Crippen molar-refractivity contribution >= 4 is 11.7 Å². The molecule has 1 aliphatic carbocycles. The molecule has 1 saturated carbocycles. The number of aromatic amines is 1. The number of benzene rings is 2. The summed E-state index contributed by atoms with van der Waals surface area (Å²) in [5.74, 6) is 1.71. The molecule has 36 heavy (non-hydrogen) atoms. The van der Waals surface area contributed by atoms with Gasteiger partial charge in [0.1, 0.15) is 5.75 Å². The first-order valence-electron chi connectivity index (χ1n) is 13.2. The van der Waals surface area contributed by atoms with Gasteiger partial charge in [0, 0.05) is 43.6 Å². The Labute approximate surface area is 213 Å². The molecule has 3 aromatic rings. The molecule has 1 aromatic heterocycles. The number of hydrogen-bond donors (Lipinski definition) is 1. The molecule has 7 heteroatoms. The van der Waals surface area contributed by atoms with E-state index in [-0.39, 0.29) is 11.6 Å². The fraction of sp³-hybridized carbons (Fsp3) is 0.448. The van der Waals surface area contributed by atoms with Gasteiger partial charge in [-0.05, 0) is 67.0 Å². The maximum Gasteiger partial charge on any atom is 0.325 e. The van der Waals surface area contributed by atoms with Crippen LogP contribution in [-0.4, -0.2) is 64.9 Å². The molecule has 0 unspecified atom stereocenters. The number of nitrogens with zero attached hydrogens (tertiary/aromatic N) is 4. The second-order valence-electron chi connectivity index (χ2n) is 10.7. The molecule has 3 heterocycles. The number of anilines is 1. The molecule has 1 spiro atoms. The number of carbonyl (C=O) groups is 1. The van der Waals surface area contributed by atoms with Crippen molar-refractivity contribution < 1.29 is 9.53 Å². The molecule has 0 atom stereocenters.